The molecular weight excluding hydrogens is 191 g/mol. The maximum Gasteiger partial charge on any atom is 0.134 e. The molecule has 3 heteroatoms. The Morgan fingerprint density at radius 3 is 2.53 bits per heavy atom. The summed E-state index contributed by atoms with van der Waals surface area (Å²) in [5.74, 6) is -0.274. The molecule has 0 atom stereocenters. The van der Waals surface area contributed by atoms with Crippen LogP contribution in [0.4, 0.5) is 4.39 Å². The summed E-state index contributed by atoms with van der Waals surface area (Å²) < 4.78 is 13.6. The topological polar surface area (TPSA) is 25.8 Å². The number of aromatic nitrogens is 2. The summed E-state index contributed by atoms with van der Waals surface area (Å²) in [5.41, 5.74) is 1.31. The molecule has 0 saturated heterocycles. The fourth-order valence-electron chi connectivity index (χ4n) is 1.74. The van der Waals surface area contributed by atoms with Gasteiger partial charge >= 0.3 is 0 Å². The van der Waals surface area contributed by atoms with Crippen molar-refractivity contribution >= 4 is 21.8 Å². The highest BCUT2D eigenvalue weighted by atomic mass is 19.1. The quantitative estimate of drug-likeness (QED) is 0.519. The third-order valence-corrected chi connectivity index (χ3v) is 2.42. The van der Waals surface area contributed by atoms with Gasteiger partial charge in [-0.1, -0.05) is 0 Å². The maximum atomic E-state index is 13.6. The van der Waals surface area contributed by atoms with Crippen molar-refractivity contribution in [3.8, 4) is 0 Å². The lowest BCUT2D eigenvalue weighted by molar-refractivity contribution is 0.641. The highest BCUT2D eigenvalue weighted by Gasteiger charge is 2.06. The molecule has 0 spiro atoms. The number of benzene rings is 1. The zero-order chi connectivity index (χ0) is 10.3. The lowest BCUT2D eigenvalue weighted by Crippen LogP contribution is -1.87. The second kappa shape index (κ2) is 2.98. The summed E-state index contributed by atoms with van der Waals surface area (Å²) in [4.78, 5) is 8.30. The molecule has 3 aromatic rings. The molecule has 0 bridgehead atoms. The molecule has 15 heavy (non-hydrogen) atoms. The van der Waals surface area contributed by atoms with E-state index in [2.05, 4.69) is 9.97 Å². The number of halogens is 1. The largest absolute Gasteiger partial charge is 0.256 e. The maximum absolute atomic E-state index is 13.6. The van der Waals surface area contributed by atoms with Gasteiger partial charge in [-0.25, -0.2) is 4.39 Å². The predicted molar refractivity (Wildman–Crippen MR) is 57.0 cm³/mol. The van der Waals surface area contributed by atoms with Crippen LogP contribution >= 0.6 is 0 Å². The van der Waals surface area contributed by atoms with Gasteiger partial charge in [0, 0.05) is 29.2 Å². The van der Waals surface area contributed by atoms with Crippen molar-refractivity contribution in [1.29, 1.82) is 0 Å². The van der Waals surface area contributed by atoms with E-state index in [-0.39, 0.29) is 5.82 Å². The minimum Gasteiger partial charge on any atom is -0.256 e. The molecule has 0 N–H and O–H groups in total. The smallest absolute Gasteiger partial charge is 0.134 e. The summed E-state index contributed by atoms with van der Waals surface area (Å²) in [7, 11) is 0. The minimum absolute atomic E-state index is 0.274. The van der Waals surface area contributed by atoms with Crippen molar-refractivity contribution in [3.63, 3.8) is 0 Å². The second-order valence-corrected chi connectivity index (χ2v) is 3.33. The van der Waals surface area contributed by atoms with Gasteiger partial charge in [0.05, 0.1) is 11.0 Å². The van der Waals surface area contributed by atoms with Crippen molar-refractivity contribution in [1.82, 2.24) is 9.97 Å². The van der Waals surface area contributed by atoms with Gasteiger partial charge in [0.2, 0.25) is 0 Å². The van der Waals surface area contributed by atoms with Gasteiger partial charge in [-0.15, -0.1) is 0 Å². The van der Waals surface area contributed by atoms with Crippen LogP contribution in [0.25, 0.3) is 21.8 Å². The van der Waals surface area contributed by atoms with Crippen LogP contribution in [-0.2, 0) is 0 Å². The highest BCUT2D eigenvalue weighted by molar-refractivity contribution is 6.03. The van der Waals surface area contributed by atoms with E-state index in [9.17, 15) is 4.39 Å². The van der Waals surface area contributed by atoms with Gasteiger partial charge in [0.1, 0.15) is 5.82 Å². The van der Waals surface area contributed by atoms with Crippen LogP contribution in [0, 0.1) is 5.82 Å². The van der Waals surface area contributed by atoms with Gasteiger partial charge in [-0.05, 0) is 24.3 Å². The Kier molecular flexibility index (Phi) is 1.65. The van der Waals surface area contributed by atoms with Gasteiger partial charge in [0.15, 0.2) is 0 Å². The van der Waals surface area contributed by atoms with Crippen LogP contribution in [0.3, 0.4) is 0 Å². The van der Waals surface area contributed by atoms with Crippen molar-refractivity contribution in [2.75, 3.05) is 0 Å². The Balaban J connectivity index is 2.64. The zero-order valence-corrected chi connectivity index (χ0v) is 7.81. The molecule has 0 aliphatic heterocycles. The minimum atomic E-state index is -0.274. The van der Waals surface area contributed by atoms with Crippen molar-refractivity contribution in [2.24, 2.45) is 0 Å². The van der Waals surface area contributed by atoms with Gasteiger partial charge < -0.3 is 0 Å². The fourth-order valence-corrected chi connectivity index (χ4v) is 1.74. The zero-order valence-electron chi connectivity index (χ0n) is 7.81. The third-order valence-electron chi connectivity index (χ3n) is 2.42. The Bertz CT molecular complexity index is 649. The normalized spacial score (nSPS) is 11.0. The summed E-state index contributed by atoms with van der Waals surface area (Å²) in [6, 6.07) is 8.63. The monoisotopic (exact) mass is 198 g/mol. The fraction of sp³-hybridized carbons (Fsp3) is 0. The van der Waals surface area contributed by atoms with Crippen molar-refractivity contribution < 1.29 is 4.39 Å². The van der Waals surface area contributed by atoms with Gasteiger partial charge in [-0.2, -0.15) is 0 Å². The summed E-state index contributed by atoms with van der Waals surface area (Å²) in [6.07, 6.45) is 3.31. The van der Waals surface area contributed by atoms with E-state index < -0.39 is 0 Å². The summed E-state index contributed by atoms with van der Waals surface area (Å²) >= 11 is 0. The van der Waals surface area contributed by atoms with Gasteiger partial charge in [0.25, 0.3) is 0 Å². The first-order valence-electron chi connectivity index (χ1n) is 4.64. The van der Waals surface area contributed by atoms with E-state index in [1.165, 1.54) is 6.07 Å². The van der Waals surface area contributed by atoms with Crippen molar-refractivity contribution in [2.45, 2.75) is 0 Å². The molecular formula is C12H7FN2. The molecule has 2 nitrogen and oxygen atoms in total. The molecule has 2 heterocycles. The van der Waals surface area contributed by atoms with Crippen LogP contribution in [0.1, 0.15) is 0 Å². The molecule has 0 amide bonds. The SMILES string of the molecule is Fc1cc2ncccc2c2ncccc12. The standard InChI is InChI=1S/C12H7FN2/c13-10-7-11-9(4-2-5-14-11)12-8(10)3-1-6-15-12/h1-7H. The Morgan fingerprint density at radius 1 is 0.933 bits per heavy atom. The molecule has 3 rings (SSSR count). The van der Waals surface area contributed by atoms with Crippen molar-refractivity contribution in [3.05, 3.63) is 48.5 Å². The molecule has 0 saturated carbocycles. The van der Waals surface area contributed by atoms with Crippen LogP contribution in [-0.4, -0.2) is 9.97 Å². The summed E-state index contributed by atoms with van der Waals surface area (Å²) in [6.45, 7) is 0. The van der Waals surface area contributed by atoms with Crippen LogP contribution in [0.2, 0.25) is 0 Å². The number of hydrogen-bond acceptors (Lipinski definition) is 2. The average Bonchev–Trinajstić information content (AvgIpc) is 2.30. The number of hydrogen-bond donors (Lipinski definition) is 0. The molecule has 2 aromatic heterocycles. The van der Waals surface area contributed by atoms with E-state index >= 15 is 0 Å². The number of rotatable bonds is 0. The van der Waals surface area contributed by atoms with E-state index in [4.69, 9.17) is 0 Å². The number of fused-ring (bicyclic) bond motifs is 3. The van der Waals surface area contributed by atoms with Gasteiger partial charge in [-0.3, -0.25) is 9.97 Å². The van der Waals surface area contributed by atoms with E-state index in [1.807, 2.05) is 12.1 Å². The van der Waals surface area contributed by atoms with E-state index in [1.54, 1.807) is 24.5 Å². The lowest BCUT2D eigenvalue weighted by atomic mass is 10.1. The molecule has 72 valence electrons. The van der Waals surface area contributed by atoms with Crippen LogP contribution in [0.15, 0.2) is 42.7 Å². The Morgan fingerprint density at radius 2 is 1.67 bits per heavy atom. The third kappa shape index (κ3) is 1.16. The van der Waals surface area contributed by atoms with Crippen LogP contribution < -0.4 is 0 Å². The molecule has 0 radical (unpaired) electrons. The average molecular weight is 198 g/mol. The number of nitrogens with zero attached hydrogens (tertiary/aromatic N) is 2. The Labute approximate surface area is 85.4 Å². The molecule has 1 aromatic carbocycles. The predicted octanol–water partition coefficient (Wildman–Crippen LogP) is 2.92. The van der Waals surface area contributed by atoms with E-state index in [0.29, 0.717) is 16.4 Å². The Hall–Kier alpha value is -2.03. The molecule has 0 unspecified atom stereocenters. The molecule has 0 aliphatic rings. The lowest BCUT2D eigenvalue weighted by Gasteiger charge is -2.02. The number of pyridine rings is 2. The second-order valence-electron chi connectivity index (χ2n) is 3.33. The molecule has 0 aliphatic carbocycles. The molecule has 0 fully saturated rings. The highest BCUT2D eigenvalue weighted by Crippen LogP contribution is 2.24. The first-order chi connectivity index (χ1) is 7.36. The van der Waals surface area contributed by atoms with Crippen LogP contribution in [0.5, 0.6) is 0 Å². The van der Waals surface area contributed by atoms with E-state index in [0.717, 1.165) is 5.39 Å². The first kappa shape index (κ1) is 8.29. The first-order valence-corrected chi connectivity index (χ1v) is 4.64. The summed E-state index contributed by atoms with van der Waals surface area (Å²) in [5, 5.41) is 1.42.